The Balaban J connectivity index is 1.57. The number of rotatable bonds is 3. The Labute approximate surface area is 142 Å². The van der Waals surface area contributed by atoms with Crippen molar-refractivity contribution in [3.63, 3.8) is 0 Å². The van der Waals surface area contributed by atoms with Crippen molar-refractivity contribution in [2.45, 2.75) is 18.9 Å². The third-order valence-corrected chi connectivity index (χ3v) is 4.51. The summed E-state index contributed by atoms with van der Waals surface area (Å²) in [6.45, 7) is 1.07. The molecule has 2 N–H and O–H groups in total. The normalized spacial score (nSPS) is 17.5. The molecule has 0 unspecified atom stereocenters. The summed E-state index contributed by atoms with van der Waals surface area (Å²) < 4.78 is 0.739. The summed E-state index contributed by atoms with van der Waals surface area (Å²) in [5.74, 6) is 1.03. The van der Waals surface area contributed by atoms with Gasteiger partial charge >= 0.3 is 0 Å². The summed E-state index contributed by atoms with van der Waals surface area (Å²) >= 11 is 3.30. The molecule has 23 heavy (non-hydrogen) atoms. The van der Waals surface area contributed by atoms with Gasteiger partial charge in [0.05, 0.1) is 36.0 Å². The van der Waals surface area contributed by atoms with E-state index < -0.39 is 0 Å². The molecule has 1 saturated heterocycles. The van der Waals surface area contributed by atoms with Crippen LogP contribution in [0.2, 0.25) is 0 Å². The molecular formula is C17H16BrN5. The van der Waals surface area contributed by atoms with Crippen LogP contribution in [0, 0.1) is 0 Å². The van der Waals surface area contributed by atoms with E-state index in [1.807, 2.05) is 6.20 Å². The molecule has 1 aliphatic rings. The summed E-state index contributed by atoms with van der Waals surface area (Å²) in [6, 6.07) is 8.64. The summed E-state index contributed by atoms with van der Waals surface area (Å²) in [6.07, 6.45) is 7.74. The molecule has 2 aromatic heterocycles. The van der Waals surface area contributed by atoms with E-state index in [9.17, 15) is 0 Å². The van der Waals surface area contributed by atoms with Crippen LogP contribution < -0.4 is 5.32 Å². The molecule has 0 bridgehead atoms. The molecule has 0 saturated carbocycles. The highest BCUT2D eigenvalue weighted by atomic mass is 79.9. The molecule has 0 spiro atoms. The average Bonchev–Trinajstić information content (AvgIpc) is 3.27. The lowest BCUT2D eigenvalue weighted by molar-refractivity contribution is 0.613. The minimum atomic E-state index is 0.362. The van der Waals surface area contributed by atoms with Crippen LogP contribution in [0.1, 0.15) is 24.7 Å². The molecule has 0 radical (unpaired) electrons. The van der Waals surface area contributed by atoms with Crippen molar-refractivity contribution in [3.8, 4) is 22.5 Å². The SMILES string of the molecule is Brc1cnc(-c2ccc(-c3cnc([C@@H]4CCCN4)[nH]3)cc2)cn1. The van der Waals surface area contributed by atoms with Gasteiger partial charge < -0.3 is 10.3 Å². The van der Waals surface area contributed by atoms with Crippen LogP contribution >= 0.6 is 15.9 Å². The fraction of sp³-hybridized carbons (Fsp3) is 0.235. The van der Waals surface area contributed by atoms with Gasteiger partial charge in [0.25, 0.3) is 0 Å². The van der Waals surface area contributed by atoms with E-state index in [1.165, 1.54) is 6.42 Å². The van der Waals surface area contributed by atoms with E-state index in [4.69, 9.17) is 0 Å². The fourth-order valence-corrected chi connectivity index (χ4v) is 3.06. The van der Waals surface area contributed by atoms with Gasteiger partial charge in [0.2, 0.25) is 0 Å². The average molecular weight is 370 g/mol. The highest BCUT2D eigenvalue weighted by Crippen LogP contribution is 2.26. The van der Waals surface area contributed by atoms with Crippen molar-refractivity contribution in [2.24, 2.45) is 0 Å². The molecule has 3 heterocycles. The highest BCUT2D eigenvalue weighted by molar-refractivity contribution is 9.10. The van der Waals surface area contributed by atoms with Gasteiger partial charge in [-0.05, 0) is 40.9 Å². The Bertz CT molecular complexity index is 789. The second-order valence-electron chi connectivity index (χ2n) is 5.63. The summed E-state index contributed by atoms with van der Waals surface area (Å²) in [4.78, 5) is 16.5. The number of imidazole rings is 1. The molecule has 3 aromatic rings. The topological polar surface area (TPSA) is 66.5 Å². The number of aromatic amines is 1. The standard InChI is InChI=1S/C17H16BrN5/c18-16-10-20-14(8-21-16)11-3-5-12(6-4-11)15-9-22-17(23-15)13-2-1-7-19-13/h3-6,8-10,13,19H,1-2,7H2,(H,22,23)/t13-/m0/s1. The van der Waals surface area contributed by atoms with Crippen LogP contribution in [0.4, 0.5) is 0 Å². The molecule has 5 nitrogen and oxygen atoms in total. The maximum atomic E-state index is 4.52. The number of hydrogen-bond acceptors (Lipinski definition) is 4. The lowest BCUT2D eigenvalue weighted by Crippen LogP contribution is -2.14. The fourth-order valence-electron chi connectivity index (χ4n) is 2.86. The summed E-state index contributed by atoms with van der Waals surface area (Å²) in [7, 11) is 0. The van der Waals surface area contributed by atoms with Gasteiger partial charge in [-0.25, -0.2) is 9.97 Å². The first-order chi connectivity index (χ1) is 11.3. The lowest BCUT2D eigenvalue weighted by atomic mass is 10.1. The molecule has 116 valence electrons. The third-order valence-electron chi connectivity index (χ3n) is 4.10. The maximum Gasteiger partial charge on any atom is 0.124 e. The second kappa shape index (κ2) is 6.22. The molecule has 1 aromatic carbocycles. The van der Waals surface area contributed by atoms with Gasteiger partial charge in [-0.1, -0.05) is 24.3 Å². The van der Waals surface area contributed by atoms with Crippen molar-refractivity contribution in [1.29, 1.82) is 0 Å². The Morgan fingerprint density at radius 3 is 2.48 bits per heavy atom. The molecule has 4 rings (SSSR count). The molecular weight excluding hydrogens is 354 g/mol. The molecule has 0 amide bonds. The molecule has 1 atom stereocenters. The van der Waals surface area contributed by atoms with Gasteiger partial charge in [-0.15, -0.1) is 0 Å². The Kier molecular flexibility index (Phi) is 3.93. The minimum Gasteiger partial charge on any atom is -0.341 e. The van der Waals surface area contributed by atoms with Gasteiger partial charge in [-0.3, -0.25) is 4.98 Å². The second-order valence-corrected chi connectivity index (χ2v) is 6.45. The summed E-state index contributed by atoms with van der Waals surface area (Å²) in [5.41, 5.74) is 4.07. The van der Waals surface area contributed by atoms with E-state index in [0.29, 0.717) is 6.04 Å². The van der Waals surface area contributed by atoms with Gasteiger partial charge in [0.1, 0.15) is 10.4 Å². The number of hydrogen-bond donors (Lipinski definition) is 2. The number of benzene rings is 1. The third kappa shape index (κ3) is 3.04. The van der Waals surface area contributed by atoms with Crippen molar-refractivity contribution in [1.82, 2.24) is 25.3 Å². The van der Waals surface area contributed by atoms with Crippen LogP contribution in [-0.4, -0.2) is 26.5 Å². The van der Waals surface area contributed by atoms with E-state index in [0.717, 1.165) is 45.9 Å². The molecule has 0 aliphatic carbocycles. The first kappa shape index (κ1) is 14.5. The largest absolute Gasteiger partial charge is 0.341 e. The highest BCUT2D eigenvalue weighted by Gasteiger charge is 2.19. The Morgan fingerprint density at radius 2 is 1.78 bits per heavy atom. The van der Waals surface area contributed by atoms with Crippen molar-refractivity contribution in [2.75, 3.05) is 6.54 Å². The van der Waals surface area contributed by atoms with E-state index in [-0.39, 0.29) is 0 Å². The van der Waals surface area contributed by atoms with E-state index in [2.05, 4.69) is 65.4 Å². The van der Waals surface area contributed by atoms with Gasteiger partial charge in [-0.2, -0.15) is 0 Å². The van der Waals surface area contributed by atoms with Crippen molar-refractivity contribution >= 4 is 15.9 Å². The minimum absolute atomic E-state index is 0.362. The van der Waals surface area contributed by atoms with Crippen LogP contribution in [0.25, 0.3) is 22.5 Å². The Morgan fingerprint density at radius 1 is 0.957 bits per heavy atom. The van der Waals surface area contributed by atoms with Crippen molar-refractivity contribution < 1.29 is 0 Å². The van der Waals surface area contributed by atoms with Crippen LogP contribution in [0.3, 0.4) is 0 Å². The summed E-state index contributed by atoms with van der Waals surface area (Å²) in [5, 5.41) is 3.46. The maximum absolute atomic E-state index is 4.52. The number of nitrogens with one attached hydrogen (secondary N) is 2. The quantitative estimate of drug-likeness (QED) is 0.738. The zero-order chi connectivity index (χ0) is 15.6. The number of aromatic nitrogens is 4. The zero-order valence-corrected chi connectivity index (χ0v) is 14.0. The van der Waals surface area contributed by atoms with E-state index >= 15 is 0 Å². The Hall–Kier alpha value is -2.05. The number of H-pyrrole nitrogens is 1. The van der Waals surface area contributed by atoms with Crippen LogP contribution in [0.5, 0.6) is 0 Å². The number of halogens is 1. The predicted molar refractivity (Wildman–Crippen MR) is 92.7 cm³/mol. The van der Waals surface area contributed by atoms with Crippen LogP contribution in [0.15, 0.2) is 47.5 Å². The first-order valence-corrected chi connectivity index (χ1v) is 8.45. The first-order valence-electron chi connectivity index (χ1n) is 7.66. The number of nitrogens with zero attached hydrogens (tertiary/aromatic N) is 3. The lowest BCUT2D eigenvalue weighted by Gasteiger charge is -2.06. The molecule has 1 fully saturated rings. The van der Waals surface area contributed by atoms with Gasteiger partial charge in [0, 0.05) is 5.56 Å². The van der Waals surface area contributed by atoms with Crippen molar-refractivity contribution in [3.05, 3.63) is 53.3 Å². The smallest absolute Gasteiger partial charge is 0.124 e. The predicted octanol–water partition coefficient (Wildman–Crippen LogP) is 3.72. The van der Waals surface area contributed by atoms with Gasteiger partial charge in [0.15, 0.2) is 0 Å². The monoisotopic (exact) mass is 369 g/mol. The van der Waals surface area contributed by atoms with Crippen LogP contribution in [-0.2, 0) is 0 Å². The zero-order valence-electron chi connectivity index (χ0n) is 12.5. The molecule has 6 heteroatoms. The van der Waals surface area contributed by atoms with E-state index in [1.54, 1.807) is 12.4 Å². The molecule has 1 aliphatic heterocycles.